The van der Waals surface area contributed by atoms with Crippen LogP contribution in [-0.2, 0) is 16.6 Å². The highest BCUT2D eigenvalue weighted by Gasteiger charge is 2.17. The van der Waals surface area contributed by atoms with Crippen LogP contribution >= 0.6 is 0 Å². The molecule has 0 aliphatic heterocycles. The summed E-state index contributed by atoms with van der Waals surface area (Å²) in [4.78, 5) is 5.98. The minimum atomic E-state index is -3.53. The Labute approximate surface area is 121 Å². The van der Waals surface area contributed by atoms with Crippen molar-refractivity contribution in [1.82, 2.24) is 19.9 Å². The molecule has 7 heteroatoms. The first kappa shape index (κ1) is 17.0. The van der Waals surface area contributed by atoms with E-state index in [0.29, 0.717) is 13.1 Å². The molecule has 0 aliphatic carbocycles. The van der Waals surface area contributed by atoms with Gasteiger partial charge in [0.25, 0.3) is 10.0 Å². The number of hydrogen-bond acceptors (Lipinski definition) is 5. The molecule has 0 bridgehead atoms. The van der Waals surface area contributed by atoms with Gasteiger partial charge in [-0.2, -0.15) is 0 Å². The summed E-state index contributed by atoms with van der Waals surface area (Å²) in [5.41, 5.74) is 0.965. The zero-order chi connectivity index (χ0) is 15.2. The van der Waals surface area contributed by atoms with E-state index in [-0.39, 0.29) is 11.1 Å². The van der Waals surface area contributed by atoms with Gasteiger partial charge in [0.1, 0.15) is 0 Å². The van der Waals surface area contributed by atoms with Gasteiger partial charge in [0.2, 0.25) is 0 Å². The quantitative estimate of drug-likeness (QED) is 0.728. The lowest BCUT2D eigenvalue weighted by Gasteiger charge is -2.19. The first-order valence-corrected chi connectivity index (χ1v) is 8.17. The van der Waals surface area contributed by atoms with Crippen molar-refractivity contribution in [2.75, 3.05) is 27.2 Å². The van der Waals surface area contributed by atoms with E-state index in [4.69, 9.17) is 0 Å². The van der Waals surface area contributed by atoms with E-state index in [1.807, 2.05) is 32.8 Å². The van der Waals surface area contributed by atoms with Gasteiger partial charge in [-0.3, -0.25) is 0 Å². The normalized spacial score (nSPS) is 13.7. The molecular formula is C13H24N4O2S. The highest BCUT2D eigenvalue weighted by molar-refractivity contribution is 7.89. The first-order valence-electron chi connectivity index (χ1n) is 6.68. The van der Waals surface area contributed by atoms with Crippen molar-refractivity contribution >= 4 is 10.0 Å². The van der Waals surface area contributed by atoms with E-state index in [1.165, 1.54) is 6.07 Å². The molecule has 0 saturated heterocycles. The molecule has 1 rings (SSSR count). The molecule has 2 N–H and O–H groups in total. The maximum absolute atomic E-state index is 12.1. The number of nitrogens with one attached hydrogen (secondary N) is 2. The van der Waals surface area contributed by atoms with Crippen LogP contribution in [0.25, 0.3) is 0 Å². The van der Waals surface area contributed by atoms with Crippen molar-refractivity contribution in [3.63, 3.8) is 0 Å². The van der Waals surface area contributed by atoms with Gasteiger partial charge < -0.3 is 10.2 Å². The third kappa shape index (κ3) is 5.16. The molecule has 20 heavy (non-hydrogen) atoms. The molecule has 0 aliphatic rings. The molecular weight excluding hydrogens is 276 g/mol. The molecule has 0 radical (unpaired) electrons. The predicted octanol–water partition coefficient (Wildman–Crippen LogP) is 0.420. The predicted molar refractivity (Wildman–Crippen MR) is 80.0 cm³/mol. The number of hydrogen-bond donors (Lipinski definition) is 2. The Kier molecular flexibility index (Phi) is 6.54. The molecule has 1 aromatic rings. The summed E-state index contributed by atoms with van der Waals surface area (Å²) in [7, 11) is 0.285. The Bertz CT molecular complexity index is 500. The Balaban J connectivity index is 2.68. The summed E-state index contributed by atoms with van der Waals surface area (Å²) in [6, 6.07) is 3.44. The average molecular weight is 300 g/mol. The molecule has 0 fully saturated rings. The van der Waals surface area contributed by atoms with E-state index in [0.717, 1.165) is 12.1 Å². The van der Waals surface area contributed by atoms with Gasteiger partial charge in [0, 0.05) is 25.3 Å². The van der Waals surface area contributed by atoms with Crippen LogP contribution in [0.5, 0.6) is 0 Å². The number of nitrogens with zero attached hydrogens (tertiary/aromatic N) is 2. The minimum Gasteiger partial charge on any atom is -0.313 e. The van der Waals surface area contributed by atoms with E-state index in [1.54, 1.807) is 12.3 Å². The number of pyridine rings is 1. The van der Waals surface area contributed by atoms with Gasteiger partial charge >= 0.3 is 0 Å². The van der Waals surface area contributed by atoms with Gasteiger partial charge in [-0.1, -0.05) is 13.0 Å². The summed E-state index contributed by atoms with van der Waals surface area (Å²) in [6.45, 7) is 5.88. The van der Waals surface area contributed by atoms with E-state index in [9.17, 15) is 8.42 Å². The second-order valence-electron chi connectivity index (χ2n) is 4.95. The second kappa shape index (κ2) is 7.68. The monoisotopic (exact) mass is 300 g/mol. The van der Waals surface area contributed by atoms with Crippen LogP contribution in [0.1, 0.15) is 19.4 Å². The molecule has 1 heterocycles. The maximum atomic E-state index is 12.1. The van der Waals surface area contributed by atoms with Crippen LogP contribution in [0.15, 0.2) is 23.4 Å². The smallest absolute Gasteiger partial charge is 0.258 e. The van der Waals surface area contributed by atoms with Crippen molar-refractivity contribution < 1.29 is 8.42 Å². The Morgan fingerprint density at radius 2 is 2.05 bits per heavy atom. The van der Waals surface area contributed by atoms with Crippen molar-refractivity contribution in [3.8, 4) is 0 Å². The topological polar surface area (TPSA) is 74.3 Å². The van der Waals surface area contributed by atoms with Crippen molar-refractivity contribution in [3.05, 3.63) is 23.9 Å². The fourth-order valence-corrected chi connectivity index (χ4v) is 2.48. The standard InChI is InChI=1S/C13H24N4O2S/c1-5-14-9-12-6-7-13(15-10-12)20(18,19)16-8-11(2)17(3)4/h6-7,10-11,14,16H,5,8-9H2,1-4H3. The Morgan fingerprint density at radius 1 is 1.35 bits per heavy atom. The van der Waals surface area contributed by atoms with Gasteiger partial charge in [-0.25, -0.2) is 18.1 Å². The van der Waals surface area contributed by atoms with E-state index >= 15 is 0 Å². The minimum absolute atomic E-state index is 0.0590. The zero-order valence-corrected chi connectivity index (χ0v) is 13.4. The van der Waals surface area contributed by atoms with Gasteiger partial charge in [-0.05, 0) is 39.2 Å². The van der Waals surface area contributed by atoms with Gasteiger partial charge in [0.05, 0.1) is 0 Å². The zero-order valence-electron chi connectivity index (χ0n) is 12.5. The van der Waals surface area contributed by atoms with Crippen LogP contribution in [0.2, 0.25) is 0 Å². The molecule has 1 aromatic heterocycles. The van der Waals surface area contributed by atoms with Crippen LogP contribution in [0.3, 0.4) is 0 Å². The highest BCUT2D eigenvalue weighted by atomic mass is 32.2. The third-order valence-corrected chi connectivity index (χ3v) is 4.44. The SMILES string of the molecule is CCNCc1ccc(S(=O)(=O)NCC(C)N(C)C)nc1. The van der Waals surface area contributed by atoms with Crippen molar-refractivity contribution in [1.29, 1.82) is 0 Å². The fraction of sp³-hybridized carbons (Fsp3) is 0.615. The molecule has 6 nitrogen and oxygen atoms in total. The van der Waals surface area contributed by atoms with Crippen LogP contribution in [0.4, 0.5) is 0 Å². The molecule has 1 atom stereocenters. The van der Waals surface area contributed by atoms with Crippen molar-refractivity contribution in [2.45, 2.75) is 31.5 Å². The molecule has 0 amide bonds. The van der Waals surface area contributed by atoms with Crippen molar-refractivity contribution in [2.24, 2.45) is 0 Å². The number of rotatable bonds is 8. The number of aromatic nitrogens is 1. The third-order valence-electron chi connectivity index (χ3n) is 3.10. The summed E-state index contributed by atoms with van der Waals surface area (Å²) in [5, 5.41) is 3.22. The summed E-state index contributed by atoms with van der Waals surface area (Å²) in [6.07, 6.45) is 1.59. The second-order valence-corrected chi connectivity index (χ2v) is 6.66. The fourth-order valence-electron chi connectivity index (χ4n) is 1.43. The molecule has 114 valence electrons. The van der Waals surface area contributed by atoms with E-state index in [2.05, 4.69) is 15.0 Å². The van der Waals surface area contributed by atoms with Crippen LogP contribution in [0, 0.1) is 0 Å². The summed E-state index contributed by atoms with van der Waals surface area (Å²) >= 11 is 0. The van der Waals surface area contributed by atoms with Crippen LogP contribution in [-0.4, -0.2) is 51.5 Å². The lowest BCUT2D eigenvalue weighted by atomic mass is 10.3. The molecule has 0 aromatic carbocycles. The lowest BCUT2D eigenvalue weighted by molar-refractivity contribution is 0.314. The summed E-state index contributed by atoms with van der Waals surface area (Å²) in [5.74, 6) is 0. The molecule has 0 spiro atoms. The summed E-state index contributed by atoms with van der Waals surface area (Å²) < 4.78 is 26.7. The highest BCUT2D eigenvalue weighted by Crippen LogP contribution is 2.07. The van der Waals surface area contributed by atoms with Gasteiger partial charge in [-0.15, -0.1) is 0 Å². The Morgan fingerprint density at radius 3 is 2.55 bits per heavy atom. The number of sulfonamides is 1. The number of likely N-dealkylation sites (N-methyl/N-ethyl adjacent to an activating group) is 1. The van der Waals surface area contributed by atoms with Crippen LogP contribution < -0.4 is 10.0 Å². The first-order chi connectivity index (χ1) is 9.36. The molecule has 0 saturated carbocycles. The Hall–Kier alpha value is -1.02. The van der Waals surface area contributed by atoms with E-state index < -0.39 is 10.0 Å². The average Bonchev–Trinajstić information content (AvgIpc) is 2.43. The largest absolute Gasteiger partial charge is 0.313 e. The maximum Gasteiger partial charge on any atom is 0.258 e. The lowest BCUT2D eigenvalue weighted by Crippen LogP contribution is -2.38. The van der Waals surface area contributed by atoms with Gasteiger partial charge in [0.15, 0.2) is 5.03 Å². The molecule has 1 unspecified atom stereocenters.